The monoisotopic (exact) mass is 342 g/mol. The lowest BCUT2D eigenvalue weighted by molar-refractivity contribution is -0.177. The molecule has 2 aliphatic carbocycles. The standard InChI is InChI=1S/C21H30N2O2/c24-17(14-23-10-6-15-4-1-2-5-16(15)13-23)12-22-19-18-7-11-25-20(18)21(19)8-3-9-21/h1-2,4-5,17-20,22,24H,3,6-14H2. The fraction of sp³-hybridized carbons (Fsp3) is 0.714. The van der Waals surface area contributed by atoms with E-state index in [-0.39, 0.29) is 6.10 Å². The van der Waals surface area contributed by atoms with Crippen LogP contribution in [0.5, 0.6) is 0 Å². The maximum absolute atomic E-state index is 10.6. The van der Waals surface area contributed by atoms with Gasteiger partial charge in [0.15, 0.2) is 0 Å². The summed E-state index contributed by atoms with van der Waals surface area (Å²) in [5.41, 5.74) is 3.30. The molecule has 0 radical (unpaired) electrons. The van der Waals surface area contributed by atoms with Gasteiger partial charge in [0, 0.05) is 50.2 Å². The van der Waals surface area contributed by atoms with Crippen LogP contribution in [0.25, 0.3) is 0 Å². The van der Waals surface area contributed by atoms with Crippen molar-refractivity contribution >= 4 is 0 Å². The van der Waals surface area contributed by atoms with Crippen molar-refractivity contribution in [2.24, 2.45) is 11.3 Å². The molecule has 1 aromatic rings. The van der Waals surface area contributed by atoms with Crippen molar-refractivity contribution in [3.8, 4) is 0 Å². The summed E-state index contributed by atoms with van der Waals surface area (Å²) in [5, 5.41) is 14.3. The Hall–Kier alpha value is -0.940. The van der Waals surface area contributed by atoms with E-state index in [4.69, 9.17) is 4.74 Å². The zero-order chi connectivity index (χ0) is 16.9. The van der Waals surface area contributed by atoms with E-state index < -0.39 is 0 Å². The quantitative estimate of drug-likeness (QED) is 0.859. The number of β-amino-alcohol motifs (C(OH)–C–C–N with tert-alkyl or cyclic N) is 1. The first-order chi connectivity index (χ1) is 12.3. The molecule has 2 heterocycles. The predicted octanol–water partition coefficient (Wildman–Crippen LogP) is 1.95. The highest BCUT2D eigenvalue weighted by molar-refractivity contribution is 5.29. The van der Waals surface area contributed by atoms with Gasteiger partial charge in [-0.05, 0) is 36.8 Å². The molecule has 4 aliphatic rings. The Bertz CT molecular complexity index is 630. The predicted molar refractivity (Wildman–Crippen MR) is 97.4 cm³/mol. The van der Waals surface area contributed by atoms with Crippen LogP contribution in [0.15, 0.2) is 24.3 Å². The second-order valence-electron chi connectivity index (χ2n) is 8.62. The van der Waals surface area contributed by atoms with E-state index in [9.17, 15) is 5.11 Å². The Morgan fingerprint density at radius 3 is 2.92 bits per heavy atom. The first-order valence-corrected chi connectivity index (χ1v) is 10.1. The SMILES string of the molecule is OC(CNC1C2CCOC2C12CCC2)CN1CCc2ccccc2C1. The van der Waals surface area contributed by atoms with Crippen LogP contribution >= 0.6 is 0 Å². The molecule has 1 aromatic carbocycles. The van der Waals surface area contributed by atoms with E-state index in [1.165, 1.54) is 36.8 Å². The first-order valence-electron chi connectivity index (χ1n) is 10.1. The molecule has 0 bridgehead atoms. The summed E-state index contributed by atoms with van der Waals surface area (Å²) in [7, 11) is 0. The molecule has 1 spiro atoms. The number of aliphatic hydroxyl groups is 1. The number of nitrogens with one attached hydrogen (secondary N) is 1. The lowest BCUT2D eigenvalue weighted by Gasteiger charge is -2.63. The number of aliphatic hydroxyl groups excluding tert-OH is 1. The van der Waals surface area contributed by atoms with Crippen molar-refractivity contribution in [1.29, 1.82) is 0 Å². The van der Waals surface area contributed by atoms with Gasteiger partial charge in [0.2, 0.25) is 0 Å². The third-order valence-electron chi connectivity index (χ3n) is 7.29. The van der Waals surface area contributed by atoms with E-state index in [1.807, 2.05) is 0 Å². The van der Waals surface area contributed by atoms with E-state index in [2.05, 4.69) is 34.5 Å². The van der Waals surface area contributed by atoms with Crippen LogP contribution in [-0.2, 0) is 17.7 Å². The number of fused-ring (bicyclic) bond motifs is 3. The Morgan fingerprint density at radius 1 is 1.28 bits per heavy atom. The third kappa shape index (κ3) is 2.66. The number of benzene rings is 1. The van der Waals surface area contributed by atoms with Crippen molar-refractivity contribution < 1.29 is 9.84 Å². The summed E-state index contributed by atoms with van der Waals surface area (Å²) in [6, 6.07) is 9.28. The van der Waals surface area contributed by atoms with Crippen LogP contribution < -0.4 is 5.32 Å². The summed E-state index contributed by atoms with van der Waals surface area (Å²) in [6.45, 7) is 4.45. The van der Waals surface area contributed by atoms with E-state index in [0.717, 1.165) is 32.7 Å². The minimum atomic E-state index is -0.288. The second kappa shape index (κ2) is 6.34. The molecule has 4 heteroatoms. The Kier molecular flexibility index (Phi) is 4.12. The molecule has 1 saturated heterocycles. The first kappa shape index (κ1) is 16.2. The van der Waals surface area contributed by atoms with Crippen LogP contribution in [0.2, 0.25) is 0 Å². The van der Waals surface area contributed by atoms with Crippen molar-refractivity contribution in [3.63, 3.8) is 0 Å². The summed E-state index contributed by atoms with van der Waals surface area (Å²) in [5.74, 6) is 0.689. The number of hydrogen-bond donors (Lipinski definition) is 2. The highest BCUT2D eigenvalue weighted by Gasteiger charge is 2.66. The Balaban J connectivity index is 1.14. The molecular formula is C21H30N2O2. The van der Waals surface area contributed by atoms with Gasteiger partial charge in [-0.15, -0.1) is 0 Å². The maximum atomic E-state index is 10.6. The zero-order valence-electron chi connectivity index (χ0n) is 15.0. The number of hydrogen-bond acceptors (Lipinski definition) is 4. The van der Waals surface area contributed by atoms with E-state index in [0.29, 0.717) is 30.0 Å². The van der Waals surface area contributed by atoms with Crippen LogP contribution in [0.4, 0.5) is 0 Å². The van der Waals surface area contributed by atoms with Crippen LogP contribution in [0.3, 0.4) is 0 Å². The molecule has 136 valence electrons. The van der Waals surface area contributed by atoms with Gasteiger partial charge in [-0.2, -0.15) is 0 Å². The van der Waals surface area contributed by atoms with Gasteiger partial charge in [0.25, 0.3) is 0 Å². The van der Waals surface area contributed by atoms with Gasteiger partial charge in [0.05, 0.1) is 12.2 Å². The fourth-order valence-electron chi connectivity index (χ4n) is 5.90. The molecule has 2 saturated carbocycles. The molecule has 3 fully saturated rings. The molecular weight excluding hydrogens is 312 g/mol. The molecule has 4 nitrogen and oxygen atoms in total. The highest BCUT2D eigenvalue weighted by atomic mass is 16.5. The van der Waals surface area contributed by atoms with Crippen molar-refractivity contribution in [1.82, 2.24) is 10.2 Å². The van der Waals surface area contributed by atoms with Gasteiger partial charge in [-0.1, -0.05) is 30.7 Å². The van der Waals surface area contributed by atoms with Crippen LogP contribution in [0, 0.1) is 11.3 Å². The molecule has 2 aliphatic heterocycles. The minimum absolute atomic E-state index is 0.288. The maximum Gasteiger partial charge on any atom is 0.0791 e. The Labute approximate surface area is 150 Å². The number of nitrogens with zero attached hydrogens (tertiary/aromatic N) is 1. The zero-order valence-corrected chi connectivity index (χ0v) is 15.0. The van der Waals surface area contributed by atoms with Crippen molar-refractivity contribution in [3.05, 3.63) is 35.4 Å². The fourth-order valence-corrected chi connectivity index (χ4v) is 5.90. The summed E-state index contributed by atoms with van der Waals surface area (Å²) in [4.78, 5) is 2.40. The van der Waals surface area contributed by atoms with Crippen LogP contribution in [-0.4, -0.2) is 54.5 Å². The molecule has 25 heavy (non-hydrogen) atoms. The van der Waals surface area contributed by atoms with Gasteiger partial charge in [-0.3, -0.25) is 4.90 Å². The normalized spacial score (nSPS) is 34.0. The largest absolute Gasteiger partial charge is 0.390 e. The average Bonchev–Trinajstić information content (AvgIpc) is 2.98. The second-order valence-corrected chi connectivity index (χ2v) is 8.62. The third-order valence-corrected chi connectivity index (χ3v) is 7.29. The van der Waals surface area contributed by atoms with Crippen molar-refractivity contribution in [2.75, 3.05) is 26.2 Å². The lowest BCUT2D eigenvalue weighted by Crippen LogP contribution is -2.71. The number of ether oxygens (including phenoxy) is 1. The van der Waals surface area contributed by atoms with Gasteiger partial charge < -0.3 is 15.2 Å². The highest BCUT2D eigenvalue weighted by Crippen LogP contribution is 2.62. The van der Waals surface area contributed by atoms with Gasteiger partial charge >= 0.3 is 0 Å². The molecule has 4 unspecified atom stereocenters. The van der Waals surface area contributed by atoms with Crippen molar-refractivity contribution in [2.45, 2.75) is 56.9 Å². The van der Waals surface area contributed by atoms with E-state index in [1.54, 1.807) is 0 Å². The molecule has 0 aromatic heterocycles. The number of rotatable bonds is 5. The smallest absolute Gasteiger partial charge is 0.0791 e. The summed E-state index contributed by atoms with van der Waals surface area (Å²) >= 11 is 0. The molecule has 5 rings (SSSR count). The summed E-state index contributed by atoms with van der Waals surface area (Å²) in [6.07, 6.45) is 6.49. The average molecular weight is 342 g/mol. The lowest BCUT2D eigenvalue weighted by atomic mass is 9.46. The van der Waals surface area contributed by atoms with Gasteiger partial charge in [-0.25, -0.2) is 0 Å². The van der Waals surface area contributed by atoms with Crippen LogP contribution in [0.1, 0.15) is 36.8 Å². The van der Waals surface area contributed by atoms with E-state index >= 15 is 0 Å². The molecule has 0 amide bonds. The minimum Gasteiger partial charge on any atom is -0.390 e. The Morgan fingerprint density at radius 2 is 2.12 bits per heavy atom. The summed E-state index contributed by atoms with van der Waals surface area (Å²) < 4.78 is 5.99. The topological polar surface area (TPSA) is 44.7 Å². The van der Waals surface area contributed by atoms with Gasteiger partial charge in [0.1, 0.15) is 0 Å². The molecule has 4 atom stereocenters. The molecule has 2 N–H and O–H groups in total.